The first-order chi connectivity index (χ1) is 14.1. The molecule has 3 rings (SSSR count). The first-order valence-electron chi connectivity index (χ1n) is 11.1. The minimum Gasteiger partial charge on any atom is -0.341 e. The van der Waals surface area contributed by atoms with Crippen molar-refractivity contribution in [3.8, 4) is 0 Å². The van der Waals surface area contributed by atoms with Crippen molar-refractivity contribution < 1.29 is 14.4 Å². The van der Waals surface area contributed by atoms with Crippen molar-refractivity contribution in [2.75, 3.05) is 32.7 Å². The number of rotatable bonds is 6. The lowest BCUT2D eigenvalue weighted by Crippen LogP contribution is -2.57. The highest BCUT2D eigenvalue weighted by molar-refractivity contribution is 6.35. The number of amides is 3. The van der Waals surface area contributed by atoms with Gasteiger partial charge in [0.15, 0.2) is 0 Å². The van der Waals surface area contributed by atoms with Crippen molar-refractivity contribution >= 4 is 17.7 Å². The van der Waals surface area contributed by atoms with Crippen LogP contribution in [0.1, 0.15) is 63.5 Å². The fourth-order valence-electron chi connectivity index (χ4n) is 4.23. The molecule has 2 aliphatic rings. The normalized spacial score (nSPS) is 19.7. The molecular weight excluding hydrogens is 366 g/mol. The predicted molar refractivity (Wildman–Crippen MR) is 112 cm³/mol. The molecule has 29 heavy (non-hydrogen) atoms. The summed E-state index contributed by atoms with van der Waals surface area (Å²) in [5.41, 5.74) is 0.780. The van der Waals surface area contributed by atoms with Crippen LogP contribution in [0.5, 0.6) is 0 Å². The second-order valence-electron chi connectivity index (χ2n) is 8.05. The maximum absolute atomic E-state index is 13.6. The van der Waals surface area contributed by atoms with Gasteiger partial charge in [0.25, 0.3) is 0 Å². The Bertz CT molecular complexity index is 699. The van der Waals surface area contributed by atoms with Gasteiger partial charge >= 0.3 is 11.8 Å². The molecule has 0 aliphatic carbocycles. The number of benzene rings is 1. The molecule has 158 valence electrons. The average molecular weight is 400 g/mol. The molecule has 1 aromatic carbocycles. The van der Waals surface area contributed by atoms with Crippen molar-refractivity contribution in [1.29, 1.82) is 0 Å². The summed E-state index contributed by atoms with van der Waals surface area (Å²) in [4.78, 5) is 44.3. The lowest BCUT2D eigenvalue weighted by Gasteiger charge is -2.40. The van der Waals surface area contributed by atoms with Crippen LogP contribution in [0.2, 0.25) is 0 Å². The zero-order chi connectivity index (χ0) is 20.6. The molecule has 0 radical (unpaired) electrons. The second-order valence-corrected chi connectivity index (χ2v) is 8.05. The summed E-state index contributed by atoms with van der Waals surface area (Å²) in [6, 6.07) is 8.71. The highest BCUT2D eigenvalue weighted by atomic mass is 16.2. The number of hydrogen-bond acceptors (Lipinski definition) is 3. The van der Waals surface area contributed by atoms with E-state index >= 15 is 0 Å². The molecule has 0 spiro atoms. The highest BCUT2D eigenvalue weighted by Crippen LogP contribution is 2.27. The Balaban J connectivity index is 1.83. The van der Waals surface area contributed by atoms with E-state index in [1.165, 1.54) is 11.3 Å². The van der Waals surface area contributed by atoms with Gasteiger partial charge in [0.1, 0.15) is 6.04 Å². The Morgan fingerprint density at radius 3 is 2.21 bits per heavy atom. The van der Waals surface area contributed by atoms with Crippen LogP contribution >= 0.6 is 0 Å². The number of hydrogen-bond donors (Lipinski definition) is 0. The van der Waals surface area contributed by atoms with E-state index in [2.05, 4.69) is 6.92 Å². The summed E-state index contributed by atoms with van der Waals surface area (Å²) in [5.74, 6) is -1.09. The van der Waals surface area contributed by atoms with Gasteiger partial charge in [-0.2, -0.15) is 0 Å². The third kappa shape index (κ3) is 5.17. The lowest BCUT2D eigenvalue weighted by atomic mass is 10.0. The molecule has 0 saturated carbocycles. The number of carbonyl (C=O) groups is 3. The SMILES string of the molecule is CCCCN1CCN(C(C(=O)N2CCCCCCC2)c2ccccc2)C(=O)C1=O. The number of unbranched alkanes of at least 4 members (excludes halogenated alkanes) is 1. The summed E-state index contributed by atoms with van der Waals surface area (Å²) in [7, 11) is 0. The fraction of sp³-hybridized carbons (Fsp3) is 0.609. The van der Waals surface area contributed by atoms with Gasteiger partial charge in [-0.25, -0.2) is 0 Å². The third-order valence-electron chi connectivity index (χ3n) is 5.95. The van der Waals surface area contributed by atoms with E-state index in [-0.39, 0.29) is 5.91 Å². The summed E-state index contributed by atoms with van der Waals surface area (Å²) in [5, 5.41) is 0. The van der Waals surface area contributed by atoms with Crippen LogP contribution in [-0.2, 0) is 14.4 Å². The molecule has 2 fully saturated rings. The summed E-state index contributed by atoms with van der Waals surface area (Å²) >= 11 is 0. The van der Waals surface area contributed by atoms with E-state index in [0.29, 0.717) is 19.6 Å². The number of carbonyl (C=O) groups excluding carboxylic acids is 3. The van der Waals surface area contributed by atoms with Crippen LogP contribution in [-0.4, -0.2) is 65.1 Å². The second kappa shape index (κ2) is 10.4. The minimum atomic E-state index is -0.722. The molecule has 2 heterocycles. The Labute approximate surface area is 173 Å². The van der Waals surface area contributed by atoms with E-state index in [1.807, 2.05) is 35.2 Å². The van der Waals surface area contributed by atoms with Gasteiger partial charge in [-0.3, -0.25) is 14.4 Å². The summed E-state index contributed by atoms with van der Waals surface area (Å²) < 4.78 is 0. The van der Waals surface area contributed by atoms with Crippen molar-refractivity contribution in [3.63, 3.8) is 0 Å². The average Bonchev–Trinajstić information content (AvgIpc) is 2.71. The Morgan fingerprint density at radius 2 is 1.55 bits per heavy atom. The van der Waals surface area contributed by atoms with E-state index in [4.69, 9.17) is 0 Å². The van der Waals surface area contributed by atoms with Crippen molar-refractivity contribution in [3.05, 3.63) is 35.9 Å². The summed E-state index contributed by atoms with van der Waals surface area (Å²) in [6.45, 7) is 5.00. The third-order valence-corrected chi connectivity index (χ3v) is 5.95. The first kappa shape index (κ1) is 21.3. The molecule has 6 nitrogen and oxygen atoms in total. The van der Waals surface area contributed by atoms with Gasteiger partial charge < -0.3 is 14.7 Å². The zero-order valence-electron chi connectivity index (χ0n) is 17.5. The van der Waals surface area contributed by atoms with E-state index in [9.17, 15) is 14.4 Å². The largest absolute Gasteiger partial charge is 0.341 e. The molecule has 3 amide bonds. The van der Waals surface area contributed by atoms with Crippen LogP contribution in [0.25, 0.3) is 0 Å². The van der Waals surface area contributed by atoms with Gasteiger partial charge in [0.05, 0.1) is 0 Å². The zero-order valence-corrected chi connectivity index (χ0v) is 17.5. The van der Waals surface area contributed by atoms with Gasteiger partial charge in [-0.05, 0) is 24.8 Å². The van der Waals surface area contributed by atoms with Crippen molar-refractivity contribution in [1.82, 2.24) is 14.7 Å². The van der Waals surface area contributed by atoms with Crippen molar-refractivity contribution in [2.24, 2.45) is 0 Å². The molecule has 2 aliphatic heterocycles. The van der Waals surface area contributed by atoms with Crippen LogP contribution in [0.3, 0.4) is 0 Å². The maximum atomic E-state index is 13.6. The molecular formula is C23H33N3O3. The Morgan fingerprint density at radius 1 is 0.897 bits per heavy atom. The van der Waals surface area contributed by atoms with E-state index < -0.39 is 17.9 Å². The molecule has 1 aromatic rings. The molecule has 1 unspecified atom stereocenters. The summed E-state index contributed by atoms with van der Waals surface area (Å²) in [6.07, 6.45) is 7.32. The molecule has 0 bridgehead atoms. The predicted octanol–water partition coefficient (Wildman–Crippen LogP) is 2.99. The van der Waals surface area contributed by atoms with E-state index in [1.54, 1.807) is 4.90 Å². The first-order valence-corrected chi connectivity index (χ1v) is 11.1. The highest BCUT2D eigenvalue weighted by Gasteiger charge is 2.41. The molecule has 2 saturated heterocycles. The fourth-order valence-corrected chi connectivity index (χ4v) is 4.23. The van der Waals surface area contributed by atoms with E-state index in [0.717, 1.165) is 57.2 Å². The number of piperazine rings is 1. The van der Waals surface area contributed by atoms with Crippen LogP contribution < -0.4 is 0 Å². The number of nitrogens with zero attached hydrogens (tertiary/aromatic N) is 3. The molecule has 6 heteroatoms. The Hall–Kier alpha value is -2.37. The van der Waals surface area contributed by atoms with Gasteiger partial charge in [0, 0.05) is 32.7 Å². The van der Waals surface area contributed by atoms with Crippen LogP contribution in [0.15, 0.2) is 30.3 Å². The van der Waals surface area contributed by atoms with Crippen LogP contribution in [0.4, 0.5) is 0 Å². The van der Waals surface area contributed by atoms with Crippen LogP contribution in [0, 0.1) is 0 Å². The molecule has 0 aromatic heterocycles. The lowest BCUT2D eigenvalue weighted by molar-refractivity contribution is -0.161. The number of likely N-dealkylation sites (tertiary alicyclic amines) is 1. The van der Waals surface area contributed by atoms with Gasteiger partial charge in [0.2, 0.25) is 5.91 Å². The van der Waals surface area contributed by atoms with Crippen molar-refractivity contribution in [2.45, 2.75) is 57.9 Å². The smallest absolute Gasteiger partial charge is 0.313 e. The van der Waals surface area contributed by atoms with Gasteiger partial charge in [-0.15, -0.1) is 0 Å². The molecule has 1 atom stereocenters. The Kier molecular flexibility index (Phi) is 7.67. The standard InChI is InChI=1S/C23H33N3O3/c1-2-3-14-25-17-18-26(23(29)22(25)28)20(19-12-8-7-9-13-19)21(27)24-15-10-5-4-6-11-16-24/h7-9,12-13,20H,2-6,10-11,14-18H2,1H3. The minimum absolute atomic E-state index is 0.0544. The van der Waals surface area contributed by atoms with Gasteiger partial charge in [-0.1, -0.05) is 62.9 Å². The topological polar surface area (TPSA) is 60.9 Å². The monoisotopic (exact) mass is 399 g/mol. The quantitative estimate of drug-likeness (QED) is 0.691. The molecule has 0 N–H and O–H groups in total. The maximum Gasteiger partial charge on any atom is 0.313 e.